The van der Waals surface area contributed by atoms with Crippen LogP contribution < -0.4 is 65.1 Å². The lowest BCUT2D eigenvalue weighted by Crippen LogP contribution is -2.61. The first-order valence-corrected chi connectivity index (χ1v) is 31.0. The number of carboxylic acids is 2. The van der Waals surface area contributed by atoms with Gasteiger partial charge in [0.05, 0.1) is 6.04 Å². The fourth-order valence-electron chi connectivity index (χ4n) is 8.90. The van der Waals surface area contributed by atoms with Crippen molar-refractivity contribution in [2.45, 2.75) is 158 Å². The number of nitrogens with two attached hydrogens (primary N) is 3. The maximum absolute atomic E-state index is 14.7. The van der Waals surface area contributed by atoms with Gasteiger partial charge >= 0.3 is 11.9 Å². The molecule has 88 heavy (non-hydrogen) atoms. The van der Waals surface area contributed by atoms with Crippen LogP contribution in [0.3, 0.4) is 0 Å². The van der Waals surface area contributed by atoms with Crippen molar-refractivity contribution in [1.82, 2.24) is 47.9 Å². The second kappa shape index (κ2) is 39.7. The summed E-state index contributed by atoms with van der Waals surface area (Å²) in [6, 6.07) is 12.0. The average molecular weight is 1260 g/mol. The Balaban J connectivity index is 1.99. The summed E-state index contributed by atoms with van der Waals surface area (Å²) in [6.45, 7) is 5.09. The topological polar surface area (TPSA) is 432 Å². The number of thiol groups is 1. The predicted octanol–water partition coefficient (Wildman–Crippen LogP) is -0.502. The number of thioether (sulfide) groups is 1. The van der Waals surface area contributed by atoms with Crippen molar-refractivity contribution in [2.24, 2.45) is 23.1 Å². The van der Waals surface area contributed by atoms with Gasteiger partial charge in [0, 0.05) is 37.9 Å². The Morgan fingerprint density at radius 3 is 1.12 bits per heavy atom. The molecule has 10 amide bonds. The fourth-order valence-corrected chi connectivity index (χ4v) is 9.63. The first kappa shape index (κ1) is 74.2. The SMILES string of the molecule is CSCC[C@H](NC(=O)[C@H](CCC(N)=O)NC(=O)[C@H](C)N)C(=O)N[C@@H](Cc1ccccc1)C(=O)N[C@@H](Cc1ccccc1)C(=O)N[C@@H](CS)C(=O)N[C@@H](Cc1ccccc1)C(=O)N[C@@H](CCCCN)C(=O)N[C@@H](CCC(=O)O)C(=O)N[C@@H](CC(C)C)C(=O)O. The second-order valence-electron chi connectivity index (χ2n) is 21.6. The number of rotatable bonds is 41. The van der Waals surface area contributed by atoms with E-state index in [1.54, 1.807) is 111 Å². The van der Waals surface area contributed by atoms with Gasteiger partial charge in [0.1, 0.15) is 54.4 Å². The summed E-state index contributed by atoms with van der Waals surface area (Å²) in [5.74, 6) is -11.2. The van der Waals surface area contributed by atoms with Gasteiger partial charge in [0.25, 0.3) is 0 Å². The van der Waals surface area contributed by atoms with Crippen molar-refractivity contribution in [3.8, 4) is 0 Å². The molecule has 0 bridgehead atoms. The van der Waals surface area contributed by atoms with Crippen LogP contribution >= 0.6 is 24.4 Å². The summed E-state index contributed by atoms with van der Waals surface area (Å²) in [5.41, 5.74) is 18.6. The molecule has 0 unspecified atom stereocenters. The minimum absolute atomic E-state index is 0.0305. The monoisotopic (exact) mass is 1260 g/mol. The summed E-state index contributed by atoms with van der Waals surface area (Å²) in [4.78, 5) is 162. The third-order valence-electron chi connectivity index (χ3n) is 13.7. The number of unbranched alkanes of at least 4 members (excludes halogenated alkanes) is 1. The molecule has 0 aliphatic heterocycles. The Hall–Kier alpha value is -8.08. The van der Waals surface area contributed by atoms with Crippen LogP contribution in [-0.2, 0) is 76.8 Å². The maximum Gasteiger partial charge on any atom is 0.326 e. The zero-order chi connectivity index (χ0) is 65.3. The molecule has 0 saturated heterocycles. The molecule has 10 atom stereocenters. The molecule has 0 heterocycles. The van der Waals surface area contributed by atoms with Gasteiger partial charge in [-0.2, -0.15) is 24.4 Å². The van der Waals surface area contributed by atoms with Gasteiger partial charge in [-0.1, -0.05) is 105 Å². The molecular weight excluding hydrogens is 1180 g/mol. The normalized spacial score (nSPS) is 14.5. The van der Waals surface area contributed by atoms with Crippen LogP contribution in [0.2, 0.25) is 0 Å². The zero-order valence-corrected chi connectivity index (χ0v) is 51.7. The van der Waals surface area contributed by atoms with Gasteiger partial charge in [-0.25, -0.2) is 4.79 Å². The van der Waals surface area contributed by atoms with E-state index in [0.29, 0.717) is 28.9 Å². The predicted molar refractivity (Wildman–Crippen MR) is 334 cm³/mol. The molecule has 26 nitrogen and oxygen atoms in total. The summed E-state index contributed by atoms with van der Waals surface area (Å²) < 4.78 is 0. The molecule has 0 fully saturated rings. The van der Waals surface area contributed by atoms with Gasteiger partial charge in [-0.05, 0) is 93.0 Å². The first-order valence-electron chi connectivity index (χ1n) is 29.0. The number of amides is 10. The summed E-state index contributed by atoms with van der Waals surface area (Å²) in [5, 5.41) is 42.8. The van der Waals surface area contributed by atoms with Gasteiger partial charge in [-0.3, -0.25) is 52.7 Å². The molecular formula is C60H86N12O14S2. The van der Waals surface area contributed by atoms with E-state index >= 15 is 0 Å². The van der Waals surface area contributed by atoms with Crippen LogP contribution in [0.4, 0.5) is 0 Å². The van der Waals surface area contributed by atoms with E-state index in [1.165, 1.54) is 18.7 Å². The van der Waals surface area contributed by atoms with Crippen LogP contribution in [0.1, 0.15) is 95.2 Å². The number of hydrogen-bond donors (Lipinski definition) is 15. The number of aliphatic carboxylic acids is 2. The van der Waals surface area contributed by atoms with Crippen LogP contribution in [0, 0.1) is 5.92 Å². The Labute approximate surface area is 522 Å². The minimum Gasteiger partial charge on any atom is -0.481 e. The van der Waals surface area contributed by atoms with Crippen molar-refractivity contribution in [3.63, 3.8) is 0 Å². The number of carbonyl (C=O) groups is 12. The smallest absolute Gasteiger partial charge is 0.326 e. The minimum atomic E-state index is -1.54. The van der Waals surface area contributed by atoms with Gasteiger partial charge < -0.3 is 75.3 Å². The molecule has 3 aromatic rings. The Kier molecular flexibility index (Phi) is 33.4. The highest BCUT2D eigenvalue weighted by molar-refractivity contribution is 7.98. The van der Waals surface area contributed by atoms with Crippen molar-refractivity contribution in [2.75, 3.05) is 24.3 Å². The summed E-state index contributed by atoms with van der Waals surface area (Å²) in [7, 11) is 0. The standard InChI is InChI=1S/C60H86N12O14S2/c1-35(2)30-47(60(85)86)71-54(79)42(24-26-50(74)75)66-52(77)40(22-14-15-28-61)65-56(81)44(31-37-16-8-5-9-17-37)70-59(84)48(34-87)72-58(83)46(33-39-20-12-7-13-21-39)69-57(82)45(32-38-18-10-6-11-19-38)68-55(80)43(27-29-88-4)67-53(78)41(23-25-49(63)73)64-51(76)36(3)62/h5-13,16-21,35-36,40-48,87H,14-15,22-34,61-62H2,1-4H3,(H2,63,73)(H,64,76)(H,65,81)(H,66,77)(H,67,78)(H,68,80)(H,69,82)(H,70,84)(H,71,79)(H,72,83)(H,74,75)(H,85,86)/t36-,40-,41-,42-,43-,44-,45-,46-,47-,48-/m0/s1. The fraction of sp³-hybridized carbons (Fsp3) is 0.500. The van der Waals surface area contributed by atoms with Crippen LogP contribution in [-0.4, -0.2) is 166 Å². The number of primary amides is 1. The van der Waals surface area contributed by atoms with E-state index in [4.69, 9.17) is 17.2 Å². The number of benzene rings is 3. The number of carbonyl (C=O) groups excluding carboxylic acids is 10. The molecule has 0 aromatic heterocycles. The third-order valence-corrected chi connectivity index (χ3v) is 14.7. The Morgan fingerprint density at radius 2 is 0.784 bits per heavy atom. The lowest BCUT2D eigenvalue weighted by atomic mass is 10.0. The maximum atomic E-state index is 14.7. The second-order valence-corrected chi connectivity index (χ2v) is 22.9. The summed E-state index contributed by atoms with van der Waals surface area (Å²) >= 11 is 5.76. The molecule has 17 N–H and O–H groups in total. The molecule has 0 radical (unpaired) electrons. The van der Waals surface area contributed by atoms with Gasteiger partial charge in [0.2, 0.25) is 59.1 Å². The molecule has 3 aromatic carbocycles. The quantitative estimate of drug-likeness (QED) is 0.0251. The number of nitrogens with one attached hydrogen (secondary N) is 9. The first-order chi connectivity index (χ1) is 41.8. The Morgan fingerprint density at radius 1 is 0.455 bits per heavy atom. The average Bonchev–Trinajstić information content (AvgIpc) is 2.85. The van der Waals surface area contributed by atoms with E-state index in [0.717, 1.165) is 0 Å². The van der Waals surface area contributed by atoms with Crippen LogP contribution in [0.15, 0.2) is 91.0 Å². The van der Waals surface area contributed by atoms with E-state index in [1.807, 2.05) is 0 Å². The molecule has 3 rings (SSSR count). The molecule has 482 valence electrons. The number of hydrogen-bond acceptors (Lipinski definition) is 16. The van der Waals surface area contributed by atoms with Gasteiger partial charge in [-0.15, -0.1) is 0 Å². The molecule has 28 heteroatoms. The largest absolute Gasteiger partial charge is 0.481 e. The van der Waals surface area contributed by atoms with Crippen LogP contribution in [0.5, 0.6) is 0 Å². The highest BCUT2D eigenvalue weighted by Gasteiger charge is 2.36. The molecule has 0 saturated carbocycles. The van der Waals surface area contributed by atoms with Crippen molar-refractivity contribution in [1.29, 1.82) is 0 Å². The molecule has 0 spiro atoms. The lowest BCUT2D eigenvalue weighted by molar-refractivity contribution is -0.143. The van der Waals surface area contributed by atoms with E-state index < -0.39 is 144 Å². The van der Waals surface area contributed by atoms with E-state index in [2.05, 4.69) is 60.5 Å². The van der Waals surface area contributed by atoms with Crippen molar-refractivity contribution < 1.29 is 67.7 Å². The lowest BCUT2D eigenvalue weighted by Gasteiger charge is -2.28. The van der Waals surface area contributed by atoms with E-state index in [-0.39, 0.29) is 76.0 Å². The van der Waals surface area contributed by atoms with E-state index in [9.17, 15) is 67.7 Å². The third kappa shape index (κ3) is 27.7. The highest BCUT2D eigenvalue weighted by Crippen LogP contribution is 2.14. The summed E-state index contributed by atoms with van der Waals surface area (Å²) in [6.07, 6.45) is 0.602. The molecule has 0 aliphatic carbocycles. The number of carboxylic acid groups (broad SMARTS) is 2. The van der Waals surface area contributed by atoms with Gasteiger partial charge in [0.15, 0.2) is 0 Å². The Bertz CT molecular complexity index is 2790. The molecule has 0 aliphatic rings. The van der Waals surface area contributed by atoms with Crippen molar-refractivity contribution in [3.05, 3.63) is 108 Å². The zero-order valence-electron chi connectivity index (χ0n) is 50.0. The van der Waals surface area contributed by atoms with Crippen LogP contribution in [0.25, 0.3) is 0 Å². The highest BCUT2D eigenvalue weighted by atomic mass is 32.2. The van der Waals surface area contributed by atoms with Crippen molar-refractivity contribution >= 4 is 95.4 Å².